The maximum absolute atomic E-state index is 12.7. The van der Waals surface area contributed by atoms with Crippen molar-refractivity contribution in [2.24, 2.45) is 0 Å². The molecule has 0 saturated carbocycles. The predicted octanol–water partition coefficient (Wildman–Crippen LogP) is 5.51. The van der Waals surface area contributed by atoms with Crippen molar-refractivity contribution in [2.75, 3.05) is 10.6 Å². The summed E-state index contributed by atoms with van der Waals surface area (Å²) < 4.78 is 5.69. The molecule has 2 amide bonds. The van der Waals surface area contributed by atoms with Crippen LogP contribution in [0.1, 0.15) is 34.6 Å². The molecule has 32 heavy (non-hydrogen) atoms. The van der Waals surface area contributed by atoms with Crippen molar-refractivity contribution in [2.45, 2.75) is 20.0 Å². The SMILES string of the molecule is CC(C)Oc1ccccc1C(=O)NC(=S)Nc1cccc(C(=O)Nc2cccc(Cl)c2)c1. The second kappa shape index (κ2) is 10.7. The molecular formula is C24H22ClN3O3S. The van der Waals surface area contributed by atoms with Crippen LogP contribution in [-0.2, 0) is 0 Å². The summed E-state index contributed by atoms with van der Waals surface area (Å²) >= 11 is 11.2. The molecule has 0 aliphatic carbocycles. The normalized spacial score (nSPS) is 10.4. The second-order valence-corrected chi connectivity index (χ2v) is 7.96. The van der Waals surface area contributed by atoms with Crippen molar-refractivity contribution in [3.63, 3.8) is 0 Å². The molecule has 3 N–H and O–H groups in total. The highest BCUT2D eigenvalue weighted by atomic mass is 35.5. The molecule has 0 fully saturated rings. The van der Waals surface area contributed by atoms with Gasteiger partial charge in [-0.3, -0.25) is 14.9 Å². The van der Waals surface area contributed by atoms with E-state index in [9.17, 15) is 9.59 Å². The first-order valence-corrected chi connectivity index (χ1v) is 10.7. The van der Waals surface area contributed by atoms with E-state index < -0.39 is 5.91 Å². The van der Waals surface area contributed by atoms with Gasteiger partial charge in [0.25, 0.3) is 11.8 Å². The standard InChI is InChI=1S/C24H22ClN3O3S/c1-15(2)31-21-12-4-3-11-20(21)23(30)28-24(32)27-18-9-5-7-16(13-18)22(29)26-19-10-6-8-17(25)14-19/h3-15H,1-2H3,(H,26,29)(H2,27,28,30,32). The molecule has 0 spiro atoms. The highest BCUT2D eigenvalue weighted by Crippen LogP contribution is 2.20. The van der Waals surface area contributed by atoms with E-state index in [0.717, 1.165) is 0 Å². The van der Waals surface area contributed by atoms with Gasteiger partial charge in [-0.2, -0.15) is 0 Å². The van der Waals surface area contributed by atoms with Crippen LogP contribution in [0.15, 0.2) is 72.8 Å². The summed E-state index contributed by atoms with van der Waals surface area (Å²) in [5.74, 6) is -0.221. The Labute approximate surface area is 196 Å². The quantitative estimate of drug-likeness (QED) is 0.417. The fourth-order valence-corrected chi connectivity index (χ4v) is 3.25. The van der Waals surface area contributed by atoms with Gasteiger partial charge in [0.2, 0.25) is 0 Å². The third kappa shape index (κ3) is 6.54. The number of carbonyl (C=O) groups is 2. The smallest absolute Gasteiger partial charge is 0.261 e. The first-order valence-electron chi connectivity index (χ1n) is 9.87. The number of ether oxygens (including phenoxy) is 1. The van der Waals surface area contributed by atoms with Gasteiger partial charge in [0.15, 0.2) is 5.11 Å². The fraction of sp³-hybridized carbons (Fsp3) is 0.125. The summed E-state index contributed by atoms with van der Waals surface area (Å²) in [6.45, 7) is 3.77. The third-order valence-electron chi connectivity index (χ3n) is 4.19. The van der Waals surface area contributed by atoms with E-state index in [1.165, 1.54) is 0 Å². The van der Waals surface area contributed by atoms with Gasteiger partial charge in [0.05, 0.1) is 11.7 Å². The Morgan fingerprint density at radius 2 is 1.56 bits per heavy atom. The Hall–Kier alpha value is -3.42. The molecule has 0 saturated heterocycles. The highest BCUT2D eigenvalue weighted by molar-refractivity contribution is 7.80. The van der Waals surface area contributed by atoms with Crippen LogP contribution in [0.25, 0.3) is 0 Å². The number of rotatable bonds is 6. The van der Waals surface area contributed by atoms with Crippen molar-refractivity contribution < 1.29 is 14.3 Å². The molecule has 0 aliphatic rings. The van der Waals surface area contributed by atoms with Gasteiger partial charge < -0.3 is 15.4 Å². The minimum Gasteiger partial charge on any atom is -0.490 e. The zero-order valence-corrected chi connectivity index (χ0v) is 19.1. The predicted molar refractivity (Wildman–Crippen MR) is 132 cm³/mol. The first-order chi connectivity index (χ1) is 15.3. The van der Waals surface area contributed by atoms with Crippen LogP contribution in [-0.4, -0.2) is 23.0 Å². The molecule has 6 nitrogen and oxygen atoms in total. The van der Waals surface area contributed by atoms with Crippen molar-refractivity contribution in [3.05, 3.63) is 88.9 Å². The Bertz CT molecular complexity index is 1150. The molecule has 0 unspecified atom stereocenters. The Balaban J connectivity index is 1.65. The summed E-state index contributed by atoms with van der Waals surface area (Å²) in [6.07, 6.45) is -0.0742. The average molecular weight is 468 g/mol. The van der Waals surface area contributed by atoms with Gasteiger partial charge in [-0.25, -0.2) is 0 Å². The molecule has 3 aromatic carbocycles. The summed E-state index contributed by atoms with van der Waals surface area (Å²) in [5, 5.41) is 8.98. The van der Waals surface area contributed by atoms with E-state index in [1.807, 2.05) is 13.8 Å². The van der Waals surface area contributed by atoms with Crippen molar-refractivity contribution in [1.29, 1.82) is 0 Å². The number of amides is 2. The summed E-state index contributed by atoms with van der Waals surface area (Å²) in [4.78, 5) is 25.2. The number of hydrogen-bond acceptors (Lipinski definition) is 4. The van der Waals surface area contributed by atoms with E-state index in [4.69, 9.17) is 28.6 Å². The van der Waals surface area contributed by atoms with Crippen LogP contribution in [0.3, 0.4) is 0 Å². The molecule has 0 bridgehead atoms. The van der Waals surface area contributed by atoms with Crippen LogP contribution in [0.4, 0.5) is 11.4 Å². The molecular weight excluding hydrogens is 446 g/mol. The molecule has 0 aromatic heterocycles. The number of anilines is 2. The number of thiocarbonyl (C=S) groups is 1. The molecule has 0 atom stereocenters. The van der Waals surface area contributed by atoms with Crippen molar-refractivity contribution in [3.8, 4) is 5.75 Å². The lowest BCUT2D eigenvalue weighted by molar-refractivity contribution is 0.0970. The largest absolute Gasteiger partial charge is 0.490 e. The van der Waals surface area contributed by atoms with Gasteiger partial charge in [-0.05, 0) is 74.6 Å². The number of para-hydroxylation sites is 1. The number of nitrogens with one attached hydrogen (secondary N) is 3. The van der Waals surface area contributed by atoms with Crippen LogP contribution >= 0.6 is 23.8 Å². The molecule has 3 rings (SSSR count). The van der Waals surface area contributed by atoms with Crippen LogP contribution < -0.4 is 20.7 Å². The summed E-state index contributed by atoms with van der Waals surface area (Å²) in [6, 6.07) is 20.6. The average Bonchev–Trinajstić information content (AvgIpc) is 2.73. The molecule has 0 aliphatic heterocycles. The lowest BCUT2D eigenvalue weighted by Gasteiger charge is -2.15. The summed E-state index contributed by atoms with van der Waals surface area (Å²) in [5.41, 5.74) is 1.94. The zero-order chi connectivity index (χ0) is 23.1. The third-order valence-corrected chi connectivity index (χ3v) is 4.63. The first kappa shape index (κ1) is 23.2. The second-order valence-electron chi connectivity index (χ2n) is 7.12. The number of benzene rings is 3. The van der Waals surface area contributed by atoms with Crippen molar-refractivity contribution in [1.82, 2.24) is 5.32 Å². The highest BCUT2D eigenvalue weighted by Gasteiger charge is 2.15. The van der Waals surface area contributed by atoms with Crippen LogP contribution in [0.5, 0.6) is 5.75 Å². The lowest BCUT2D eigenvalue weighted by Crippen LogP contribution is -2.34. The van der Waals surface area contributed by atoms with Crippen LogP contribution in [0, 0.1) is 0 Å². The number of halogens is 1. The fourth-order valence-electron chi connectivity index (χ4n) is 2.85. The van der Waals surface area contributed by atoms with Gasteiger partial charge in [0, 0.05) is 22.0 Å². The Morgan fingerprint density at radius 1 is 0.875 bits per heavy atom. The Morgan fingerprint density at radius 3 is 2.28 bits per heavy atom. The van der Waals surface area contributed by atoms with Gasteiger partial charge >= 0.3 is 0 Å². The topological polar surface area (TPSA) is 79.5 Å². The van der Waals surface area contributed by atoms with E-state index >= 15 is 0 Å². The van der Waals surface area contributed by atoms with E-state index in [1.54, 1.807) is 72.8 Å². The zero-order valence-electron chi connectivity index (χ0n) is 17.5. The van der Waals surface area contributed by atoms with Crippen molar-refractivity contribution >= 4 is 52.1 Å². The van der Waals surface area contributed by atoms with E-state index in [-0.39, 0.29) is 17.1 Å². The molecule has 3 aromatic rings. The van der Waals surface area contributed by atoms with Gasteiger partial charge in [0.1, 0.15) is 5.75 Å². The molecule has 8 heteroatoms. The number of carbonyl (C=O) groups excluding carboxylic acids is 2. The monoisotopic (exact) mass is 467 g/mol. The maximum Gasteiger partial charge on any atom is 0.261 e. The number of hydrogen-bond donors (Lipinski definition) is 3. The minimum absolute atomic E-state index is 0.0742. The van der Waals surface area contributed by atoms with Gasteiger partial charge in [-0.1, -0.05) is 35.9 Å². The maximum atomic E-state index is 12.7. The van der Waals surface area contributed by atoms with Gasteiger partial charge in [-0.15, -0.1) is 0 Å². The van der Waals surface area contributed by atoms with E-state index in [0.29, 0.717) is 33.3 Å². The lowest BCUT2D eigenvalue weighted by atomic mass is 10.1. The molecule has 0 heterocycles. The Kier molecular flexibility index (Phi) is 7.81. The minimum atomic E-state index is -0.395. The molecule has 164 valence electrons. The van der Waals surface area contributed by atoms with Crippen LogP contribution in [0.2, 0.25) is 5.02 Å². The van der Waals surface area contributed by atoms with E-state index in [2.05, 4.69) is 16.0 Å². The summed E-state index contributed by atoms with van der Waals surface area (Å²) in [7, 11) is 0. The molecule has 0 radical (unpaired) electrons.